The molecule has 0 unspecified atom stereocenters. The third kappa shape index (κ3) is 4.70. The van der Waals surface area contributed by atoms with Crippen LogP contribution in [-0.4, -0.2) is 11.2 Å². The summed E-state index contributed by atoms with van der Waals surface area (Å²) in [6, 6.07) is 10.8. The quantitative estimate of drug-likeness (QED) is 0.346. The van der Waals surface area contributed by atoms with Gasteiger partial charge in [0.05, 0.1) is 11.1 Å². The fourth-order valence-corrected chi connectivity index (χ4v) is 1.97. The summed E-state index contributed by atoms with van der Waals surface area (Å²) < 4.78 is 43.0. The second-order valence-corrected chi connectivity index (χ2v) is 4.99. The van der Waals surface area contributed by atoms with Crippen LogP contribution in [0.2, 0.25) is 0 Å². The molecule has 2 aromatic rings. The predicted octanol–water partition coefficient (Wildman–Crippen LogP) is 4.70. The van der Waals surface area contributed by atoms with E-state index in [2.05, 4.69) is 0 Å². The van der Waals surface area contributed by atoms with Crippen molar-refractivity contribution in [3.05, 3.63) is 71.3 Å². The van der Waals surface area contributed by atoms with Gasteiger partial charge in [-0.2, -0.15) is 13.2 Å². The van der Waals surface area contributed by atoms with Crippen LogP contribution in [-0.2, 0) is 11.0 Å². The molecule has 0 heterocycles. The van der Waals surface area contributed by atoms with Crippen molar-refractivity contribution in [2.24, 2.45) is 0 Å². The normalized spacial score (nSPS) is 11.5. The minimum Gasteiger partial charge on any atom is -0.423 e. The van der Waals surface area contributed by atoms with Crippen LogP contribution < -0.4 is 4.74 Å². The number of ether oxygens (including phenoxy) is 1. The van der Waals surface area contributed by atoms with E-state index in [1.165, 1.54) is 6.08 Å². The molecule has 0 bridgehead atoms. The molecule has 3 nitrogen and oxygen atoms in total. The van der Waals surface area contributed by atoms with Crippen LogP contribution in [0.5, 0.6) is 5.75 Å². The average Bonchev–Trinajstić information content (AvgIpc) is 2.53. The molecule has 0 aliphatic carbocycles. The maximum atomic E-state index is 12.7. The highest BCUT2D eigenvalue weighted by atomic mass is 35.5. The minimum atomic E-state index is -4.64. The summed E-state index contributed by atoms with van der Waals surface area (Å²) in [5.74, 6) is -1.48. The largest absolute Gasteiger partial charge is 0.423 e. The van der Waals surface area contributed by atoms with Crippen molar-refractivity contribution in [2.45, 2.75) is 6.18 Å². The molecule has 24 heavy (non-hydrogen) atoms. The molecule has 0 aliphatic heterocycles. The number of carbonyl (C=O) groups excluding carboxylic acids is 2. The first-order valence-corrected chi connectivity index (χ1v) is 7.01. The molecule has 0 fully saturated rings. The number of alkyl halides is 3. The molecule has 7 heteroatoms. The third-order valence-electron chi connectivity index (χ3n) is 2.94. The first-order valence-electron chi connectivity index (χ1n) is 6.63. The van der Waals surface area contributed by atoms with Gasteiger partial charge in [0, 0.05) is 6.08 Å². The van der Waals surface area contributed by atoms with Gasteiger partial charge in [-0.05, 0) is 41.4 Å². The van der Waals surface area contributed by atoms with E-state index in [-0.39, 0.29) is 5.56 Å². The number of halogens is 4. The number of hydrogen-bond donors (Lipinski definition) is 0. The van der Waals surface area contributed by atoms with Gasteiger partial charge in [0.2, 0.25) is 0 Å². The Kier molecular flexibility index (Phi) is 5.41. The first kappa shape index (κ1) is 17.7. The fourth-order valence-electron chi connectivity index (χ4n) is 1.82. The first-order chi connectivity index (χ1) is 11.3. The number of carbonyl (C=O) groups is 2. The second kappa shape index (κ2) is 7.31. The SMILES string of the molecule is O=C(/C=C/c1ccccc1)Oc1cc(C(F)(F)F)ccc1C(=O)Cl. The summed E-state index contributed by atoms with van der Waals surface area (Å²) in [5, 5.41) is -1.03. The lowest BCUT2D eigenvalue weighted by Crippen LogP contribution is -2.10. The molecule has 0 radical (unpaired) electrons. The molecule has 0 amide bonds. The Morgan fingerprint density at radius 3 is 2.29 bits per heavy atom. The van der Waals surface area contributed by atoms with Crippen LogP contribution >= 0.6 is 11.6 Å². The van der Waals surface area contributed by atoms with Crippen LogP contribution in [0.25, 0.3) is 6.08 Å². The topological polar surface area (TPSA) is 43.4 Å². The van der Waals surface area contributed by atoms with Crippen molar-refractivity contribution in [3.8, 4) is 5.75 Å². The van der Waals surface area contributed by atoms with Crippen molar-refractivity contribution in [3.63, 3.8) is 0 Å². The molecule has 2 aromatic carbocycles. The molecular weight excluding hydrogens is 345 g/mol. The highest BCUT2D eigenvalue weighted by molar-refractivity contribution is 6.68. The summed E-state index contributed by atoms with van der Waals surface area (Å²) in [4.78, 5) is 23.0. The maximum Gasteiger partial charge on any atom is 0.416 e. The Balaban J connectivity index is 2.25. The van der Waals surface area contributed by atoms with Gasteiger partial charge in [-0.3, -0.25) is 4.79 Å². The zero-order chi connectivity index (χ0) is 17.7. The van der Waals surface area contributed by atoms with Gasteiger partial charge in [0.1, 0.15) is 5.75 Å². The van der Waals surface area contributed by atoms with E-state index < -0.39 is 28.7 Å². The fraction of sp³-hybridized carbons (Fsp3) is 0.0588. The van der Waals surface area contributed by atoms with Gasteiger partial charge in [-0.25, -0.2) is 4.79 Å². The standard InChI is InChI=1S/C17H10ClF3O3/c18-16(23)13-8-7-12(17(19,20)21)10-14(13)24-15(22)9-6-11-4-2-1-3-5-11/h1-10H/b9-6+. The van der Waals surface area contributed by atoms with Crippen molar-refractivity contribution in [1.82, 2.24) is 0 Å². The maximum absolute atomic E-state index is 12.7. The summed E-state index contributed by atoms with van der Waals surface area (Å²) in [6.07, 6.45) is -2.18. The Morgan fingerprint density at radius 1 is 1.04 bits per heavy atom. The molecule has 0 saturated heterocycles. The van der Waals surface area contributed by atoms with Crippen molar-refractivity contribution < 1.29 is 27.5 Å². The summed E-state index contributed by atoms with van der Waals surface area (Å²) in [6.45, 7) is 0. The van der Waals surface area contributed by atoms with E-state index in [1.807, 2.05) is 0 Å². The lowest BCUT2D eigenvalue weighted by atomic mass is 10.1. The highest BCUT2D eigenvalue weighted by Gasteiger charge is 2.32. The summed E-state index contributed by atoms with van der Waals surface area (Å²) in [7, 11) is 0. The van der Waals surface area contributed by atoms with Crippen molar-refractivity contribution in [2.75, 3.05) is 0 Å². The van der Waals surface area contributed by atoms with Crippen LogP contribution in [0.3, 0.4) is 0 Å². The van der Waals surface area contributed by atoms with Crippen LogP contribution in [0.1, 0.15) is 21.5 Å². The summed E-state index contributed by atoms with van der Waals surface area (Å²) >= 11 is 5.30. The number of benzene rings is 2. The Hall–Kier alpha value is -2.60. The molecular formula is C17H10ClF3O3. The third-order valence-corrected chi connectivity index (χ3v) is 3.15. The number of esters is 1. The zero-order valence-corrected chi connectivity index (χ0v) is 12.8. The van der Waals surface area contributed by atoms with Gasteiger partial charge < -0.3 is 4.74 Å². The Bertz CT molecular complexity index is 783. The molecule has 124 valence electrons. The Labute approximate surface area is 140 Å². The Morgan fingerprint density at radius 2 is 1.71 bits per heavy atom. The zero-order valence-electron chi connectivity index (χ0n) is 12.0. The van der Waals surface area contributed by atoms with Gasteiger partial charge in [-0.15, -0.1) is 0 Å². The van der Waals surface area contributed by atoms with Crippen LogP contribution in [0.15, 0.2) is 54.6 Å². The monoisotopic (exact) mass is 354 g/mol. The average molecular weight is 355 g/mol. The van der Waals surface area contributed by atoms with E-state index in [9.17, 15) is 22.8 Å². The molecule has 0 aromatic heterocycles. The van der Waals surface area contributed by atoms with E-state index >= 15 is 0 Å². The molecule has 2 rings (SSSR count). The van der Waals surface area contributed by atoms with Crippen LogP contribution in [0, 0.1) is 0 Å². The lowest BCUT2D eigenvalue weighted by Gasteiger charge is -2.11. The number of rotatable bonds is 4. The predicted molar refractivity (Wildman–Crippen MR) is 82.7 cm³/mol. The minimum absolute atomic E-state index is 0.328. The molecule has 0 atom stereocenters. The second-order valence-electron chi connectivity index (χ2n) is 4.65. The molecule has 0 aliphatic rings. The number of hydrogen-bond acceptors (Lipinski definition) is 3. The van der Waals surface area contributed by atoms with E-state index in [0.717, 1.165) is 12.1 Å². The van der Waals surface area contributed by atoms with Gasteiger partial charge >= 0.3 is 12.1 Å². The van der Waals surface area contributed by atoms with Gasteiger partial charge in [-0.1, -0.05) is 30.3 Å². The smallest absolute Gasteiger partial charge is 0.416 e. The van der Waals surface area contributed by atoms with E-state index in [4.69, 9.17) is 16.3 Å². The summed E-state index contributed by atoms with van der Waals surface area (Å²) in [5.41, 5.74) is -0.683. The van der Waals surface area contributed by atoms with Gasteiger partial charge in [0.15, 0.2) is 0 Å². The highest BCUT2D eigenvalue weighted by Crippen LogP contribution is 2.33. The van der Waals surface area contributed by atoms with E-state index in [0.29, 0.717) is 17.7 Å². The molecule has 0 saturated carbocycles. The van der Waals surface area contributed by atoms with Crippen molar-refractivity contribution in [1.29, 1.82) is 0 Å². The van der Waals surface area contributed by atoms with Crippen LogP contribution in [0.4, 0.5) is 13.2 Å². The van der Waals surface area contributed by atoms with Gasteiger partial charge in [0.25, 0.3) is 5.24 Å². The van der Waals surface area contributed by atoms with Crippen molar-refractivity contribution >= 4 is 28.9 Å². The van der Waals surface area contributed by atoms with E-state index in [1.54, 1.807) is 30.3 Å². The molecule has 0 spiro atoms. The molecule has 0 N–H and O–H groups in total. The lowest BCUT2D eigenvalue weighted by molar-refractivity contribution is -0.138.